The van der Waals surface area contributed by atoms with Gasteiger partial charge in [0.15, 0.2) is 5.17 Å². The highest BCUT2D eigenvalue weighted by molar-refractivity contribution is 8.14. The van der Waals surface area contributed by atoms with Gasteiger partial charge in [-0.1, -0.05) is 11.8 Å². The minimum atomic E-state index is -2.83. The molecule has 1 atom stereocenters. The summed E-state index contributed by atoms with van der Waals surface area (Å²) in [6, 6.07) is 0.480. The minimum Gasteiger partial charge on any atom is -0.362 e. The van der Waals surface area contributed by atoms with E-state index < -0.39 is 9.84 Å². The third kappa shape index (κ3) is 4.85. The molecule has 6 heteroatoms. The molecule has 0 radical (unpaired) electrons. The van der Waals surface area contributed by atoms with Crippen molar-refractivity contribution in [2.24, 2.45) is 4.99 Å². The second-order valence-corrected chi connectivity index (χ2v) is 6.80. The molecule has 1 aliphatic heterocycles. The van der Waals surface area contributed by atoms with E-state index in [0.29, 0.717) is 19.0 Å². The first-order valence-corrected chi connectivity index (χ1v) is 7.63. The van der Waals surface area contributed by atoms with Gasteiger partial charge >= 0.3 is 0 Å². The smallest absolute Gasteiger partial charge is 0.156 e. The average Bonchev–Trinajstić information content (AvgIpc) is 2.44. The summed E-state index contributed by atoms with van der Waals surface area (Å²) in [5, 5.41) is 4.16. The zero-order valence-electron chi connectivity index (χ0n) is 8.49. The van der Waals surface area contributed by atoms with E-state index in [1.54, 1.807) is 11.8 Å². The third-order valence-electron chi connectivity index (χ3n) is 1.77. The minimum absolute atomic E-state index is 0.226. The zero-order valence-corrected chi connectivity index (χ0v) is 10.1. The summed E-state index contributed by atoms with van der Waals surface area (Å²) in [7, 11) is -2.83. The fourth-order valence-corrected chi connectivity index (χ4v) is 2.71. The Labute approximate surface area is 89.5 Å². The van der Waals surface area contributed by atoms with Crippen LogP contribution in [0.2, 0.25) is 0 Å². The number of nitrogens with one attached hydrogen (secondary N) is 1. The number of hydrogen-bond acceptors (Lipinski definition) is 4. The van der Waals surface area contributed by atoms with E-state index in [0.717, 1.165) is 10.9 Å². The molecule has 0 aromatic heterocycles. The lowest BCUT2D eigenvalue weighted by Crippen LogP contribution is -2.23. The molecule has 1 fully saturated rings. The SMILES string of the molecule is CC1CSC(=NCCCS(C)(=O)=O)N1. The van der Waals surface area contributed by atoms with Gasteiger partial charge in [0.05, 0.1) is 5.75 Å². The van der Waals surface area contributed by atoms with Crippen LogP contribution in [0.15, 0.2) is 4.99 Å². The van der Waals surface area contributed by atoms with Gasteiger partial charge in [-0.05, 0) is 13.3 Å². The number of sulfone groups is 1. The lowest BCUT2D eigenvalue weighted by atomic mass is 10.4. The van der Waals surface area contributed by atoms with E-state index in [1.165, 1.54) is 6.26 Å². The van der Waals surface area contributed by atoms with Crippen LogP contribution in [-0.2, 0) is 9.84 Å². The van der Waals surface area contributed by atoms with E-state index >= 15 is 0 Å². The summed E-state index contributed by atoms with van der Waals surface area (Å²) in [5.74, 6) is 1.27. The molecule has 0 aromatic rings. The van der Waals surface area contributed by atoms with Gasteiger partial charge in [0, 0.05) is 24.6 Å². The first kappa shape index (κ1) is 11.8. The van der Waals surface area contributed by atoms with Gasteiger partial charge in [-0.15, -0.1) is 0 Å². The molecule has 0 aliphatic carbocycles. The zero-order chi connectivity index (χ0) is 10.6. The number of aliphatic imine (C=N–C) groups is 1. The Morgan fingerprint density at radius 3 is 2.86 bits per heavy atom. The largest absolute Gasteiger partial charge is 0.362 e. The lowest BCUT2D eigenvalue weighted by molar-refractivity contribution is 0.599. The van der Waals surface area contributed by atoms with Crippen LogP contribution in [0, 0.1) is 0 Å². The van der Waals surface area contributed by atoms with Crippen molar-refractivity contribution in [3.8, 4) is 0 Å². The van der Waals surface area contributed by atoms with Crippen molar-refractivity contribution in [2.45, 2.75) is 19.4 Å². The van der Waals surface area contributed by atoms with Crippen molar-refractivity contribution in [2.75, 3.05) is 24.3 Å². The maximum atomic E-state index is 10.8. The van der Waals surface area contributed by atoms with Crippen molar-refractivity contribution in [3.05, 3.63) is 0 Å². The summed E-state index contributed by atoms with van der Waals surface area (Å²) in [5.41, 5.74) is 0. The van der Waals surface area contributed by atoms with Crippen molar-refractivity contribution in [3.63, 3.8) is 0 Å². The van der Waals surface area contributed by atoms with Crippen LogP contribution in [-0.4, -0.2) is 43.9 Å². The van der Waals surface area contributed by atoms with Crippen molar-refractivity contribution < 1.29 is 8.42 Å². The predicted octanol–water partition coefficient (Wildman–Crippen LogP) is 0.502. The van der Waals surface area contributed by atoms with E-state index in [4.69, 9.17) is 0 Å². The average molecular weight is 236 g/mol. The molecule has 4 nitrogen and oxygen atoms in total. The second-order valence-electron chi connectivity index (χ2n) is 3.53. The third-order valence-corrected chi connectivity index (χ3v) is 3.99. The van der Waals surface area contributed by atoms with Crippen LogP contribution in [0.5, 0.6) is 0 Å². The van der Waals surface area contributed by atoms with Gasteiger partial charge in [0.1, 0.15) is 9.84 Å². The molecule has 0 bridgehead atoms. The molecule has 0 aromatic carbocycles. The van der Waals surface area contributed by atoms with Crippen molar-refractivity contribution in [1.82, 2.24) is 5.32 Å². The Morgan fingerprint density at radius 2 is 2.36 bits per heavy atom. The maximum absolute atomic E-state index is 10.8. The molecule has 14 heavy (non-hydrogen) atoms. The van der Waals surface area contributed by atoms with Crippen LogP contribution >= 0.6 is 11.8 Å². The fraction of sp³-hybridized carbons (Fsp3) is 0.875. The second kappa shape index (κ2) is 5.02. The van der Waals surface area contributed by atoms with Gasteiger partial charge in [-0.2, -0.15) is 0 Å². The van der Waals surface area contributed by atoms with E-state index in [2.05, 4.69) is 17.2 Å². The standard InChI is InChI=1S/C8H16N2O2S2/c1-7-6-13-8(10-7)9-4-3-5-14(2,11)12/h7H,3-6H2,1-2H3,(H,9,10). The van der Waals surface area contributed by atoms with Crippen LogP contribution in [0.4, 0.5) is 0 Å². The summed E-state index contributed by atoms with van der Waals surface area (Å²) in [4.78, 5) is 4.28. The number of nitrogens with zero attached hydrogens (tertiary/aromatic N) is 1. The van der Waals surface area contributed by atoms with Crippen molar-refractivity contribution >= 4 is 26.8 Å². The van der Waals surface area contributed by atoms with Crippen LogP contribution in [0.3, 0.4) is 0 Å². The van der Waals surface area contributed by atoms with Gasteiger partial charge < -0.3 is 5.32 Å². The molecule has 1 heterocycles. The number of rotatable bonds is 4. The summed E-state index contributed by atoms with van der Waals surface area (Å²) in [6.45, 7) is 2.70. The summed E-state index contributed by atoms with van der Waals surface area (Å²) in [6.07, 6.45) is 1.86. The molecule has 0 saturated carbocycles. The van der Waals surface area contributed by atoms with Crippen LogP contribution < -0.4 is 5.32 Å². The highest BCUT2D eigenvalue weighted by Crippen LogP contribution is 2.12. The number of hydrogen-bond donors (Lipinski definition) is 1. The first-order chi connectivity index (χ1) is 6.47. The highest BCUT2D eigenvalue weighted by atomic mass is 32.2. The van der Waals surface area contributed by atoms with E-state index in [-0.39, 0.29) is 5.75 Å². The Balaban J connectivity index is 2.21. The Bertz CT molecular complexity index is 311. The van der Waals surface area contributed by atoms with Crippen LogP contribution in [0.25, 0.3) is 0 Å². The Morgan fingerprint density at radius 1 is 1.64 bits per heavy atom. The van der Waals surface area contributed by atoms with Gasteiger partial charge in [0.25, 0.3) is 0 Å². The van der Waals surface area contributed by atoms with E-state index in [1.807, 2.05) is 0 Å². The normalized spacial score (nSPS) is 25.3. The monoisotopic (exact) mass is 236 g/mol. The first-order valence-electron chi connectivity index (χ1n) is 4.59. The quantitative estimate of drug-likeness (QED) is 0.722. The Kier molecular flexibility index (Phi) is 4.25. The number of thioether (sulfide) groups is 1. The van der Waals surface area contributed by atoms with Gasteiger partial charge in [-0.3, -0.25) is 4.99 Å². The summed E-state index contributed by atoms with van der Waals surface area (Å²) < 4.78 is 21.6. The highest BCUT2D eigenvalue weighted by Gasteiger charge is 2.14. The fourth-order valence-electron chi connectivity index (χ4n) is 1.10. The molecule has 1 aliphatic rings. The molecular formula is C8H16N2O2S2. The number of amidine groups is 1. The van der Waals surface area contributed by atoms with Crippen LogP contribution in [0.1, 0.15) is 13.3 Å². The predicted molar refractivity (Wildman–Crippen MR) is 61.7 cm³/mol. The topological polar surface area (TPSA) is 58.5 Å². The van der Waals surface area contributed by atoms with E-state index in [9.17, 15) is 8.42 Å². The molecule has 0 amide bonds. The lowest BCUT2D eigenvalue weighted by Gasteiger charge is -2.00. The molecule has 1 N–H and O–H groups in total. The molecular weight excluding hydrogens is 220 g/mol. The molecule has 1 saturated heterocycles. The van der Waals surface area contributed by atoms with Gasteiger partial charge in [-0.25, -0.2) is 8.42 Å². The summed E-state index contributed by atoms with van der Waals surface area (Å²) >= 11 is 1.70. The molecule has 82 valence electrons. The van der Waals surface area contributed by atoms with Gasteiger partial charge in [0.2, 0.25) is 0 Å². The van der Waals surface area contributed by atoms with Crippen molar-refractivity contribution in [1.29, 1.82) is 0 Å². The molecule has 0 spiro atoms. The molecule has 1 unspecified atom stereocenters. The Hall–Kier alpha value is -0.230. The maximum Gasteiger partial charge on any atom is 0.156 e. The molecule has 1 rings (SSSR count).